The van der Waals surface area contributed by atoms with E-state index in [9.17, 15) is 13.2 Å². The molecule has 3 aromatic rings. The maximum absolute atomic E-state index is 13.0. The van der Waals surface area contributed by atoms with E-state index in [1.165, 1.54) is 20.3 Å². The van der Waals surface area contributed by atoms with Crippen molar-refractivity contribution in [3.8, 4) is 0 Å². The second-order valence-corrected chi connectivity index (χ2v) is 11.7. The van der Waals surface area contributed by atoms with Crippen LogP contribution >= 0.6 is 11.8 Å². The third kappa shape index (κ3) is 5.21. The molecule has 1 aliphatic heterocycles. The number of hydrogen-bond donors (Lipinski definition) is 1. The number of rotatable bonds is 6. The van der Waals surface area contributed by atoms with Crippen molar-refractivity contribution >= 4 is 33.4 Å². The second-order valence-electron chi connectivity index (χ2n) is 8.72. The molecule has 1 N–H and O–H groups in total. The van der Waals surface area contributed by atoms with Gasteiger partial charge in [-0.25, -0.2) is 8.42 Å². The minimum Gasteiger partial charge on any atom is -0.360 e. The molecule has 34 heavy (non-hydrogen) atoms. The number of hydrogen-bond acceptors (Lipinski definition) is 6. The molecule has 7 nitrogen and oxygen atoms in total. The van der Waals surface area contributed by atoms with Crippen LogP contribution in [0.25, 0.3) is 0 Å². The Morgan fingerprint density at radius 1 is 1.06 bits per heavy atom. The van der Waals surface area contributed by atoms with Crippen molar-refractivity contribution in [3.05, 3.63) is 65.0 Å². The van der Waals surface area contributed by atoms with Crippen LogP contribution in [0.5, 0.6) is 0 Å². The molecule has 4 rings (SSSR count). The fraction of sp³-hybridized carbons (Fsp3) is 0.360. The van der Waals surface area contributed by atoms with Crippen molar-refractivity contribution in [1.29, 1.82) is 0 Å². The number of nitrogens with one attached hydrogen (secondary N) is 1. The normalized spacial score (nSPS) is 15.4. The van der Waals surface area contributed by atoms with Gasteiger partial charge in [0.15, 0.2) is 5.76 Å². The molecular weight excluding hydrogens is 470 g/mol. The molecule has 0 aliphatic carbocycles. The highest BCUT2D eigenvalue weighted by Gasteiger charge is 2.35. The van der Waals surface area contributed by atoms with Gasteiger partial charge in [0.25, 0.3) is 0 Å². The zero-order valence-corrected chi connectivity index (χ0v) is 21.4. The molecular formula is C25H29N3O4S2. The van der Waals surface area contributed by atoms with E-state index < -0.39 is 10.0 Å². The van der Waals surface area contributed by atoms with Crippen molar-refractivity contribution < 1.29 is 17.7 Å². The summed E-state index contributed by atoms with van der Waals surface area (Å²) in [6.07, 6.45) is 0.935. The number of carbonyl (C=O) groups is 1. The number of benzene rings is 2. The Labute approximate surface area is 205 Å². The van der Waals surface area contributed by atoms with Crippen LogP contribution < -0.4 is 5.32 Å². The van der Waals surface area contributed by atoms with Gasteiger partial charge < -0.3 is 9.84 Å². The highest BCUT2D eigenvalue weighted by Crippen LogP contribution is 2.32. The van der Waals surface area contributed by atoms with Crippen LogP contribution in [0.4, 0.5) is 5.69 Å². The summed E-state index contributed by atoms with van der Waals surface area (Å²) in [5.41, 5.74) is 3.58. The van der Waals surface area contributed by atoms with Gasteiger partial charge in [-0.2, -0.15) is 4.31 Å². The zero-order chi connectivity index (χ0) is 24.5. The number of piperidine rings is 1. The van der Waals surface area contributed by atoms with Gasteiger partial charge >= 0.3 is 0 Å². The van der Waals surface area contributed by atoms with Gasteiger partial charge in [0.05, 0.1) is 0 Å². The minimum absolute atomic E-state index is 0.0795. The molecule has 0 atom stereocenters. The molecule has 0 saturated carbocycles. The Hall–Kier alpha value is -2.62. The minimum atomic E-state index is -3.68. The first-order valence-corrected chi connectivity index (χ1v) is 13.5. The number of aryl methyl sites for hydroxylation is 4. The topological polar surface area (TPSA) is 92.5 Å². The first-order chi connectivity index (χ1) is 16.1. The summed E-state index contributed by atoms with van der Waals surface area (Å²) in [6.45, 7) is 7.98. The van der Waals surface area contributed by atoms with Gasteiger partial charge in [0.1, 0.15) is 10.6 Å². The first kappa shape index (κ1) is 24.5. The third-order valence-corrected chi connectivity index (χ3v) is 9.40. The van der Waals surface area contributed by atoms with Crippen LogP contribution in [-0.4, -0.2) is 36.9 Å². The summed E-state index contributed by atoms with van der Waals surface area (Å²) in [5, 5.41) is 6.74. The van der Waals surface area contributed by atoms with Crippen LogP contribution in [-0.2, 0) is 14.8 Å². The van der Waals surface area contributed by atoms with Gasteiger partial charge in [0.2, 0.25) is 15.9 Å². The van der Waals surface area contributed by atoms with E-state index in [1.807, 2.05) is 24.3 Å². The van der Waals surface area contributed by atoms with Crippen LogP contribution in [0.2, 0.25) is 0 Å². The molecule has 9 heteroatoms. The van der Waals surface area contributed by atoms with E-state index >= 15 is 0 Å². The number of amides is 1. The Morgan fingerprint density at radius 3 is 2.32 bits per heavy atom. The lowest BCUT2D eigenvalue weighted by atomic mass is 9.97. The van der Waals surface area contributed by atoms with Crippen LogP contribution in [0.1, 0.15) is 35.4 Å². The number of sulfonamides is 1. The molecule has 0 spiro atoms. The van der Waals surface area contributed by atoms with Crippen molar-refractivity contribution in [3.63, 3.8) is 0 Å². The number of aromatic nitrogens is 1. The van der Waals surface area contributed by atoms with E-state index in [-0.39, 0.29) is 35.6 Å². The predicted molar refractivity (Wildman–Crippen MR) is 133 cm³/mol. The fourth-order valence-corrected chi connectivity index (χ4v) is 6.86. The summed E-state index contributed by atoms with van der Waals surface area (Å²) < 4.78 is 32.4. The SMILES string of the molecule is Cc1ccc(Sc2ccc(NC(=O)C3CCN(S(=O)(=O)c4c(C)noc4C)CC3)cc2)c(C)c1. The molecule has 1 aliphatic rings. The highest BCUT2D eigenvalue weighted by molar-refractivity contribution is 7.99. The van der Waals surface area contributed by atoms with Crippen molar-refractivity contribution in [1.82, 2.24) is 9.46 Å². The smallest absolute Gasteiger partial charge is 0.248 e. The van der Waals surface area contributed by atoms with Crippen molar-refractivity contribution in [2.75, 3.05) is 18.4 Å². The van der Waals surface area contributed by atoms with Crippen molar-refractivity contribution in [2.45, 2.75) is 55.2 Å². The Kier molecular flexibility index (Phi) is 7.16. The molecule has 1 saturated heterocycles. The second kappa shape index (κ2) is 9.93. The Bertz CT molecular complexity index is 1270. The van der Waals surface area contributed by atoms with Crippen LogP contribution in [0.15, 0.2) is 61.7 Å². The summed E-state index contributed by atoms with van der Waals surface area (Å²) in [6, 6.07) is 14.2. The molecule has 2 heterocycles. The van der Waals surface area contributed by atoms with E-state index in [0.717, 1.165) is 10.6 Å². The number of nitrogens with zero attached hydrogens (tertiary/aromatic N) is 2. The van der Waals surface area contributed by atoms with Crippen molar-refractivity contribution in [2.24, 2.45) is 5.92 Å². The van der Waals surface area contributed by atoms with Crippen LogP contribution in [0.3, 0.4) is 0 Å². The van der Waals surface area contributed by atoms with Gasteiger partial charge in [-0.3, -0.25) is 4.79 Å². The third-order valence-electron chi connectivity index (χ3n) is 6.07. The molecule has 0 radical (unpaired) electrons. The fourth-order valence-electron chi connectivity index (χ4n) is 4.22. The molecule has 1 amide bonds. The molecule has 1 aromatic heterocycles. The molecule has 0 bridgehead atoms. The molecule has 2 aromatic carbocycles. The quantitative estimate of drug-likeness (QED) is 0.507. The van der Waals surface area contributed by atoms with E-state index in [0.29, 0.717) is 18.5 Å². The lowest BCUT2D eigenvalue weighted by molar-refractivity contribution is -0.120. The summed E-state index contributed by atoms with van der Waals surface area (Å²) in [5.74, 6) is -0.0268. The van der Waals surface area contributed by atoms with E-state index in [4.69, 9.17) is 4.52 Å². The maximum atomic E-state index is 13.0. The lowest BCUT2D eigenvalue weighted by Gasteiger charge is -2.30. The predicted octanol–water partition coefficient (Wildman–Crippen LogP) is 5.10. The van der Waals surface area contributed by atoms with Gasteiger partial charge in [-0.1, -0.05) is 34.6 Å². The average molecular weight is 500 g/mol. The lowest BCUT2D eigenvalue weighted by Crippen LogP contribution is -2.41. The summed E-state index contributed by atoms with van der Waals surface area (Å²) in [7, 11) is -3.68. The van der Waals surface area contributed by atoms with E-state index in [1.54, 1.807) is 25.6 Å². The number of carbonyl (C=O) groups excluding carboxylic acids is 1. The summed E-state index contributed by atoms with van der Waals surface area (Å²) in [4.78, 5) is 15.2. The Balaban J connectivity index is 1.33. The van der Waals surface area contributed by atoms with Gasteiger partial charge in [0, 0.05) is 34.5 Å². The summed E-state index contributed by atoms with van der Waals surface area (Å²) >= 11 is 1.70. The van der Waals surface area contributed by atoms with Gasteiger partial charge in [-0.05, 0) is 76.4 Å². The maximum Gasteiger partial charge on any atom is 0.248 e. The average Bonchev–Trinajstić information content (AvgIpc) is 3.15. The van der Waals surface area contributed by atoms with E-state index in [2.05, 4.69) is 42.5 Å². The standard InChI is InChI=1S/C25H29N3O4S2/c1-16-5-10-23(17(2)15-16)33-22-8-6-21(7-9-22)26-25(29)20-11-13-28(14-12-20)34(30,31)24-18(3)27-32-19(24)4/h5-10,15,20H,11-14H2,1-4H3,(H,26,29). The molecule has 1 fully saturated rings. The monoisotopic (exact) mass is 499 g/mol. The first-order valence-electron chi connectivity index (χ1n) is 11.2. The molecule has 0 unspecified atom stereocenters. The van der Waals surface area contributed by atoms with Crippen LogP contribution in [0, 0.1) is 33.6 Å². The zero-order valence-electron chi connectivity index (χ0n) is 19.8. The number of anilines is 1. The molecule has 180 valence electrons. The highest BCUT2D eigenvalue weighted by atomic mass is 32.2. The Morgan fingerprint density at radius 2 is 1.74 bits per heavy atom. The largest absolute Gasteiger partial charge is 0.360 e. The van der Waals surface area contributed by atoms with Gasteiger partial charge in [-0.15, -0.1) is 0 Å².